The van der Waals surface area contributed by atoms with Gasteiger partial charge in [-0.1, -0.05) is 25.1 Å². The smallest absolute Gasteiger partial charge is 0.249 e. The summed E-state index contributed by atoms with van der Waals surface area (Å²) in [6.07, 6.45) is 5.12. The molecule has 0 spiro atoms. The quantitative estimate of drug-likeness (QED) is 0.671. The zero-order chi connectivity index (χ0) is 21.5. The molecule has 0 saturated heterocycles. The van der Waals surface area contributed by atoms with Crippen LogP contribution in [0.1, 0.15) is 48.3 Å². The molecule has 0 fully saturated rings. The third-order valence-corrected chi connectivity index (χ3v) is 5.99. The number of carbonyl (C=O) groups is 2. The molecule has 1 aromatic heterocycles. The molecule has 3 rings (SSSR count). The first-order valence-electron chi connectivity index (χ1n) is 10.1. The van der Waals surface area contributed by atoms with Crippen LogP contribution in [0.4, 0.5) is 5.00 Å². The number of hydrogen-bond donors (Lipinski definition) is 1. The Morgan fingerprint density at radius 1 is 1.33 bits per heavy atom. The van der Waals surface area contributed by atoms with Gasteiger partial charge >= 0.3 is 0 Å². The van der Waals surface area contributed by atoms with Crippen molar-refractivity contribution >= 4 is 34.2 Å². The van der Waals surface area contributed by atoms with Crippen molar-refractivity contribution in [2.24, 2.45) is 0 Å². The van der Waals surface area contributed by atoms with E-state index in [4.69, 9.17) is 4.74 Å². The Hall–Kier alpha value is -3.11. The van der Waals surface area contributed by atoms with Crippen LogP contribution in [0.25, 0.3) is 6.08 Å². The van der Waals surface area contributed by atoms with E-state index in [1.807, 2.05) is 43.0 Å². The first-order valence-corrected chi connectivity index (χ1v) is 10.9. The number of thiophene rings is 1. The van der Waals surface area contributed by atoms with Gasteiger partial charge in [-0.25, -0.2) is 0 Å². The highest BCUT2D eigenvalue weighted by atomic mass is 32.1. The number of para-hydroxylation sites is 1. The van der Waals surface area contributed by atoms with E-state index in [-0.39, 0.29) is 11.8 Å². The van der Waals surface area contributed by atoms with Crippen molar-refractivity contribution < 1.29 is 14.3 Å². The highest BCUT2D eigenvalue weighted by Crippen LogP contribution is 2.36. The van der Waals surface area contributed by atoms with E-state index in [0.717, 1.165) is 22.4 Å². The minimum Gasteiger partial charge on any atom is -0.493 e. The van der Waals surface area contributed by atoms with Crippen molar-refractivity contribution in [1.82, 2.24) is 4.90 Å². The molecule has 7 heteroatoms. The summed E-state index contributed by atoms with van der Waals surface area (Å²) in [7, 11) is 0. The molecule has 1 aromatic carbocycles. The van der Waals surface area contributed by atoms with Gasteiger partial charge in [-0.3, -0.25) is 9.59 Å². The van der Waals surface area contributed by atoms with E-state index in [9.17, 15) is 14.9 Å². The fourth-order valence-electron chi connectivity index (χ4n) is 3.42. The second kappa shape index (κ2) is 10.1. The summed E-state index contributed by atoms with van der Waals surface area (Å²) in [5, 5.41) is 13.0. The molecule has 156 valence electrons. The predicted molar refractivity (Wildman–Crippen MR) is 118 cm³/mol. The van der Waals surface area contributed by atoms with E-state index in [2.05, 4.69) is 11.4 Å². The number of benzene rings is 1. The Bertz CT molecular complexity index is 1000. The van der Waals surface area contributed by atoms with Crippen LogP contribution in [-0.2, 0) is 22.6 Å². The maximum Gasteiger partial charge on any atom is 0.249 e. The van der Waals surface area contributed by atoms with Gasteiger partial charge in [0.15, 0.2) is 0 Å². The number of nitriles is 1. The predicted octanol–water partition coefficient (Wildman–Crippen LogP) is 4.36. The number of nitrogens with one attached hydrogen (secondary N) is 1. The van der Waals surface area contributed by atoms with Crippen molar-refractivity contribution in [3.05, 3.63) is 51.9 Å². The molecule has 30 heavy (non-hydrogen) atoms. The SMILES string of the molecule is CCCC(=O)N1CCc2c(sc(NC(=O)/C=C/c3ccccc3OCC)c2C#N)C1. The first kappa shape index (κ1) is 21.6. The first-order chi connectivity index (χ1) is 14.6. The second-order valence-corrected chi connectivity index (χ2v) is 8.03. The molecule has 1 N–H and O–H groups in total. The number of ether oxygens (including phenoxy) is 1. The number of rotatable bonds is 7. The van der Waals surface area contributed by atoms with Gasteiger partial charge in [0.1, 0.15) is 16.8 Å². The number of amides is 2. The van der Waals surface area contributed by atoms with Gasteiger partial charge in [-0.05, 0) is 37.5 Å². The van der Waals surface area contributed by atoms with Crippen molar-refractivity contribution in [1.29, 1.82) is 5.26 Å². The summed E-state index contributed by atoms with van der Waals surface area (Å²) in [5.41, 5.74) is 2.27. The van der Waals surface area contributed by atoms with Crippen molar-refractivity contribution in [2.75, 3.05) is 18.5 Å². The van der Waals surface area contributed by atoms with Gasteiger partial charge < -0.3 is 15.0 Å². The standard InChI is InChI=1S/C23H25N3O3S/c1-3-7-22(28)26-13-12-17-18(14-24)23(30-20(17)15-26)25-21(27)11-10-16-8-5-6-9-19(16)29-4-2/h5-6,8-11H,3-4,7,12-13,15H2,1-2H3,(H,25,27)/b11-10+. The summed E-state index contributed by atoms with van der Waals surface area (Å²) < 4.78 is 5.57. The molecular formula is C23H25N3O3S. The Morgan fingerprint density at radius 2 is 2.13 bits per heavy atom. The molecule has 0 aliphatic carbocycles. The second-order valence-electron chi connectivity index (χ2n) is 6.93. The Labute approximate surface area is 180 Å². The number of fused-ring (bicyclic) bond motifs is 1. The lowest BCUT2D eigenvalue weighted by atomic mass is 10.0. The van der Waals surface area contributed by atoms with Gasteiger partial charge in [-0.2, -0.15) is 5.26 Å². The molecule has 6 nitrogen and oxygen atoms in total. The van der Waals surface area contributed by atoms with E-state index in [0.29, 0.717) is 48.9 Å². The average Bonchev–Trinajstić information content (AvgIpc) is 3.09. The highest BCUT2D eigenvalue weighted by molar-refractivity contribution is 7.16. The zero-order valence-corrected chi connectivity index (χ0v) is 18.1. The third-order valence-electron chi connectivity index (χ3n) is 4.86. The minimum atomic E-state index is -0.310. The highest BCUT2D eigenvalue weighted by Gasteiger charge is 2.27. The fraction of sp³-hybridized carbons (Fsp3) is 0.348. The fourth-order valence-corrected chi connectivity index (χ4v) is 4.64. The monoisotopic (exact) mass is 423 g/mol. The molecule has 0 atom stereocenters. The lowest BCUT2D eigenvalue weighted by Gasteiger charge is -2.26. The largest absolute Gasteiger partial charge is 0.493 e. The number of nitrogens with zero attached hydrogens (tertiary/aromatic N) is 2. The molecule has 2 amide bonds. The van der Waals surface area contributed by atoms with Crippen molar-refractivity contribution in [3.8, 4) is 11.8 Å². The van der Waals surface area contributed by atoms with Crippen molar-refractivity contribution in [2.45, 2.75) is 39.7 Å². The molecule has 2 aromatic rings. The molecule has 2 heterocycles. The van der Waals surface area contributed by atoms with Gasteiger partial charge in [0.25, 0.3) is 0 Å². The minimum absolute atomic E-state index is 0.136. The lowest BCUT2D eigenvalue weighted by molar-refractivity contribution is -0.132. The number of carbonyl (C=O) groups excluding carboxylic acids is 2. The molecule has 0 saturated carbocycles. The van der Waals surface area contributed by atoms with E-state index >= 15 is 0 Å². The van der Waals surface area contributed by atoms with Gasteiger partial charge in [-0.15, -0.1) is 11.3 Å². The van der Waals surface area contributed by atoms with Crippen LogP contribution in [0.15, 0.2) is 30.3 Å². The van der Waals surface area contributed by atoms with Crippen LogP contribution < -0.4 is 10.1 Å². The molecule has 0 bridgehead atoms. The van der Waals surface area contributed by atoms with Crippen LogP contribution in [0.5, 0.6) is 5.75 Å². The van der Waals surface area contributed by atoms with Gasteiger partial charge in [0, 0.05) is 29.5 Å². The number of anilines is 1. The van der Waals surface area contributed by atoms with E-state index < -0.39 is 0 Å². The average molecular weight is 424 g/mol. The van der Waals surface area contributed by atoms with Crippen LogP contribution in [0, 0.1) is 11.3 Å². The Morgan fingerprint density at radius 3 is 2.87 bits per heavy atom. The van der Waals surface area contributed by atoms with E-state index in [1.54, 1.807) is 6.08 Å². The normalized spacial score (nSPS) is 13.0. The zero-order valence-electron chi connectivity index (χ0n) is 17.2. The number of hydrogen-bond acceptors (Lipinski definition) is 5. The maximum absolute atomic E-state index is 12.5. The molecule has 0 radical (unpaired) electrons. The van der Waals surface area contributed by atoms with Crippen LogP contribution >= 0.6 is 11.3 Å². The third kappa shape index (κ3) is 4.89. The molecule has 1 aliphatic rings. The maximum atomic E-state index is 12.5. The summed E-state index contributed by atoms with van der Waals surface area (Å²) in [6.45, 7) is 5.55. The summed E-state index contributed by atoms with van der Waals surface area (Å²) in [6, 6.07) is 9.72. The van der Waals surface area contributed by atoms with Crippen LogP contribution in [0.2, 0.25) is 0 Å². The Kier molecular flexibility index (Phi) is 7.26. The van der Waals surface area contributed by atoms with Gasteiger partial charge in [0.05, 0.1) is 18.7 Å². The lowest BCUT2D eigenvalue weighted by Crippen LogP contribution is -2.35. The van der Waals surface area contributed by atoms with Crippen LogP contribution in [-0.4, -0.2) is 29.9 Å². The Balaban J connectivity index is 1.74. The molecular weight excluding hydrogens is 398 g/mol. The summed E-state index contributed by atoms with van der Waals surface area (Å²) in [5.74, 6) is 0.539. The summed E-state index contributed by atoms with van der Waals surface area (Å²) >= 11 is 1.38. The van der Waals surface area contributed by atoms with E-state index in [1.165, 1.54) is 17.4 Å². The topological polar surface area (TPSA) is 82.4 Å². The molecule has 1 aliphatic heterocycles. The van der Waals surface area contributed by atoms with Crippen molar-refractivity contribution in [3.63, 3.8) is 0 Å². The summed E-state index contributed by atoms with van der Waals surface area (Å²) in [4.78, 5) is 27.5. The van der Waals surface area contributed by atoms with Gasteiger partial charge in [0.2, 0.25) is 11.8 Å². The van der Waals surface area contributed by atoms with Crippen LogP contribution in [0.3, 0.4) is 0 Å². The molecule has 0 unspecified atom stereocenters.